The van der Waals surface area contributed by atoms with Crippen LogP contribution in [0.25, 0.3) is 0 Å². The molecule has 0 saturated carbocycles. The van der Waals surface area contributed by atoms with Crippen molar-refractivity contribution in [1.82, 2.24) is 15.1 Å². The van der Waals surface area contributed by atoms with E-state index >= 15 is 0 Å². The molecule has 30 heavy (non-hydrogen) atoms. The number of rotatable bonds is 9. The van der Waals surface area contributed by atoms with Gasteiger partial charge in [0, 0.05) is 20.1 Å². The second-order valence-electron chi connectivity index (χ2n) is 8.75. The number of hydrogen-bond donors (Lipinski definition) is 1. The van der Waals surface area contributed by atoms with Gasteiger partial charge in [-0.1, -0.05) is 32.4 Å². The number of piperidine rings is 1. The topological polar surface area (TPSA) is 61.9 Å². The van der Waals surface area contributed by atoms with Crippen molar-refractivity contribution >= 4 is 11.9 Å². The highest BCUT2D eigenvalue weighted by atomic mass is 19.1. The summed E-state index contributed by atoms with van der Waals surface area (Å²) in [7, 11) is 1.55. The molecule has 1 aromatic rings. The van der Waals surface area contributed by atoms with Gasteiger partial charge in [0.2, 0.25) is 0 Å². The van der Waals surface area contributed by atoms with E-state index < -0.39 is 5.54 Å². The molecule has 7 heteroatoms. The van der Waals surface area contributed by atoms with Crippen molar-refractivity contribution < 1.29 is 18.7 Å². The van der Waals surface area contributed by atoms with Crippen molar-refractivity contribution in [3.63, 3.8) is 0 Å². The third-order valence-electron chi connectivity index (χ3n) is 6.64. The van der Waals surface area contributed by atoms with E-state index in [0.29, 0.717) is 18.9 Å². The molecule has 2 heterocycles. The smallest absolute Gasteiger partial charge is 0.325 e. The Morgan fingerprint density at radius 1 is 1.30 bits per heavy atom. The summed E-state index contributed by atoms with van der Waals surface area (Å²) in [4.78, 5) is 29.9. The molecule has 0 aliphatic carbocycles. The number of likely N-dealkylation sites (tertiary alicyclic amines) is 1. The van der Waals surface area contributed by atoms with Crippen LogP contribution in [0.1, 0.15) is 38.7 Å². The first kappa shape index (κ1) is 22.7. The van der Waals surface area contributed by atoms with Gasteiger partial charge < -0.3 is 15.0 Å². The molecular formula is C23H34FN3O3. The van der Waals surface area contributed by atoms with Crippen LogP contribution in [-0.4, -0.2) is 67.2 Å². The minimum atomic E-state index is -1.03. The molecule has 166 valence electrons. The standard InChI is InChI=1S/C23H34FN3O3/c1-4-17(2)16-26-10-8-19(9-11-26)23(15-18-6-5-7-20(24)14-18)21(28)27(12-13-30-3)22(29)25-23/h5-7,14,17,19H,4,8-13,15-16H2,1-3H3,(H,25,29)/t17-,23-/m0/s1. The van der Waals surface area contributed by atoms with Crippen LogP contribution in [0.3, 0.4) is 0 Å². The van der Waals surface area contributed by atoms with Crippen LogP contribution in [0.4, 0.5) is 9.18 Å². The molecule has 2 aliphatic rings. The minimum Gasteiger partial charge on any atom is -0.383 e. The maximum absolute atomic E-state index is 13.8. The summed E-state index contributed by atoms with van der Waals surface area (Å²) in [5.74, 6) is 0.103. The third kappa shape index (κ3) is 4.83. The lowest BCUT2D eigenvalue weighted by Gasteiger charge is -2.41. The number of urea groups is 1. The van der Waals surface area contributed by atoms with Crippen molar-refractivity contribution in [3.8, 4) is 0 Å². The Morgan fingerprint density at radius 3 is 2.67 bits per heavy atom. The maximum atomic E-state index is 13.8. The van der Waals surface area contributed by atoms with Crippen LogP contribution in [-0.2, 0) is 16.0 Å². The SMILES string of the molecule is CC[C@H](C)CN1CCC([C@]2(Cc3cccc(F)c3)NC(=O)N(CCOC)C2=O)CC1. The highest BCUT2D eigenvalue weighted by Crippen LogP contribution is 2.36. The Kier molecular flexibility index (Phi) is 7.47. The molecule has 1 aromatic carbocycles. The van der Waals surface area contributed by atoms with Crippen LogP contribution in [0.5, 0.6) is 0 Å². The van der Waals surface area contributed by atoms with E-state index in [1.807, 2.05) is 6.07 Å². The van der Waals surface area contributed by atoms with Crippen LogP contribution in [0.15, 0.2) is 24.3 Å². The first-order valence-electron chi connectivity index (χ1n) is 11.0. The number of nitrogens with one attached hydrogen (secondary N) is 1. The highest BCUT2D eigenvalue weighted by molar-refractivity contribution is 6.07. The second-order valence-corrected chi connectivity index (χ2v) is 8.75. The Morgan fingerprint density at radius 2 is 2.03 bits per heavy atom. The Balaban J connectivity index is 1.82. The van der Waals surface area contributed by atoms with Crippen LogP contribution in [0, 0.1) is 17.7 Å². The van der Waals surface area contributed by atoms with Crippen molar-refractivity contribution in [2.45, 2.75) is 45.1 Å². The van der Waals surface area contributed by atoms with Gasteiger partial charge in [0.15, 0.2) is 0 Å². The molecule has 0 aromatic heterocycles. The maximum Gasteiger partial charge on any atom is 0.325 e. The second kappa shape index (κ2) is 9.88. The average Bonchev–Trinajstić information content (AvgIpc) is 2.97. The molecule has 2 aliphatic heterocycles. The zero-order chi connectivity index (χ0) is 21.7. The monoisotopic (exact) mass is 419 g/mol. The number of imide groups is 1. The van der Waals surface area contributed by atoms with E-state index in [0.717, 1.165) is 44.5 Å². The van der Waals surface area contributed by atoms with Gasteiger partial charge >= 0.3 is 6.03 Å². The summed E-state index contributed by atoms with van der Waals surface area (Å²) < 4.78 is 18.9. The summed E-state index contributed by atoms with van der Waals surface area (Å²) in [5, 5.41) is 3.02. The van der Waals surface area contributed by atoms with Crippen molar-refractivity contribution in [3.05, 3.63) is 35.6 Å². The zero-order valence-corrected chi connectivity index (χ0v) is 18.3. The van der Waals surface area contributed by atoms with Gasteiger partial charge in [-0.3, -0.25) is 9.69 Å². The number of amides is 3. The molecule has 3 rings (SSSR count). The zero-order valence-electron chi connectivity index (χ0n) is 18.3. The Labute approximate surface area is 178 Å². The van der Waals surface area contributed by atoms with Crippen molar-refractivity contribution in [2.75, 3.05) is 39.9 Å². The Bertz CT molecular complexity index is 751. The van der Waals surface area contributed by atoms with Gasteiger partial charge in [-0.25, -0.2) is 9.18 Å². The first-order chi connectivity index (χ1) is 14.4. The quantitative estimate of drug-likeness (QED) is 0.625. The van der Waals surface area contributed by atoms with E-state index in [1.54, 1.807) is 13.2 Å². The normalized spacial score (nSPS) is 24.3. The predicted molar refractivity (Wildman–Crippen MR) is 114 cm³/mol. The van der Waals surface area contributed by atoms with Gasteiger partial charge in [-0.2, -0.15) is 0 Å². The van der Waals surface area contributed by atoms with Crippen LogP contribution >= 0.6 is 0 Å². The number of nitrogens with zero attached hydrogens (tertiary/aromatic N) is 2. The van der Waals surface area contributed by atoms with Crippen molar-refractivity contribution in [2.24, 2.45) is 11.8 Å². The summed E-state index contributed by atoms with van der Waals surface area (Å²) in [6.07, 6.45) is 3.10. The molecule has 0 unspecified atom stereocenters. The van der Waals surface area contributed by atoms with Crippen LogP contribution in [0.2, 0.25) is 0 Å². The molecule has 2 atom stereocenters. The largest absolute Gasteiger partial charge is 0.383 e. The number of methoxy groups -OCH3 is 1. The fraction of sp³-hybridized carbons (Fsp3) is 0.652. The Hall–Kier alpha value is -1.99. The number of benzene rings is 1. The third-order valence-corrected chi connectivity index (χ3v) is 6.64. The lowest BCUT2D eigenvalue weighted by molar-refractivity contribution is -0.134. The molecule has 0 spiro atoms. The summed E-state index contributed by atoms with van der Waals surface area (Å²) in [6.45, 7) is 7.84. The van der Waals surface area contributed by atoms with Gasteiger partial charge in [0.25, 0.3) is 5.91 Å². The molecule has 0 radical (unpaired) electrons. The molecule has 6 nitrogen and oxygen atoms in total. The average molecular weight is 420 g/mol. The predicted octanol–water partition coefficient (Wildman–Crippen LogP) is 3.06. The number of carbonyl (C=O) groups is 2. The molecule has 2 saturated heterocycles. The molecule has 2 fully saturated rings. The molecule has 3 amide bonds. The number of ether oxygens (including phenoxy) is 1. The van der Waals surface area contributed by atoms with Crippen molar-refractivity contribution in [1.29, 1.82) is 0 Å². The number of carbonyl (C=O) groups excluding carboxylic acids is 2. The van der Waals surface area contributed by atoms with E-state index in [4.69, 9.17) is 4.74 Å². The van der Waals surface area contributed by atoms with E-state index in [9.17, 15) is 14.0 Å². The fourth-order valence-corrected chi connectivity index (χ4v) is 4.72. The number of halogens is 1. The fourth-order valence-electron chi connectivity index (χ4n) is 4.72. The minimum absolute atomic E-state index is 0.0120. The summed E-state index contributed by atoms with van der Waals surface area (Å²) >= 11 is 0. The van der Waals surface area contributed by atoms with E-state index in [-0.39, 0.29) is 30.2 Å². The lowest BCUT2D eigenvalue weighted by atomic mass is 9.73. The van der Waals surface area contributed by atoms with Gasteiger partial charge in [0.1, 0.15) is 11.4 Å². The highest BCUT2D eigenvalue weighted by Gasteiger charge is 2.55. The molecule has 0 bridgehead atoms. The van der Waals surface area contributed by atoms with Crippen LogP contribution < -0.4 is 5.32 Å². The lowest BCUT2D eigenvalue weighted by Crippen LogP contribution is -2.57. The summed E-state index contributed by atoms with van der Waals surface area (Å²) in [5.41, 5.74) is -0.305. The van der Waals surface area contributed by atoms with Gasteiger partial charge in [-0.15, -0.1) is 0 Å². The first-order valence-corrected chi connectivity index (χ1v) is 11.0. The van der Waals surface area contributed by atoms with Gasteiger partial charge in [-0.05, 0) is 55.5 Å². The number of hydrogen-bond acceptors (Lipinski definition) is 4. The van der Waals surface area contributed by atoms with E-state index in [1.165, 1.54) is 17.0 Å². The molecular weight excluding hydrogens is 385 g/mol. The van der Waals surface area contributed by atoms with Gasteiger partial charge in [0.05, 0.1) is 13.2 Å². The molecule has 1 N–H and O–H groups in total. The summed E-state index contributed by atoms with van der Waals surface area (Å²) in [6, 6.07) is 5.94. The van der Waals surface area contributed by atoms with E-state index in [2.05, 4.69) is 24.1 Å².